The first-order chi connectivity index (χ1) is 14.5. The molecular formula is C24H26ClN3O2. The van der Waals surface area contributed by atoms with E-state index < -0.39 is 5.56 Å². The Kier molecular flexibility index (Phi) is 5.82. The van der Waals surface area contributed by atoms with Crippen molar-refractivity contribution in [2.24, 2.45) is 0 Å². The highest BCUT2D eigenvalue weighted by molar-refractivity contribution is 6.37. The second-order valence-electron chi connectivity index (χ2n) is 7.83. The number of rotatable bonds is 5. The fourth-order valence-electron chi connectivity index (χ4n) is 4.26. The van der Waals surface area contributed by atoms with Crippen LogP contribution < -0.4 is 15.8 Å². The first kappa shape index (κ1) is 20.5. The van der Waals surface area contributed by atoms with Crippen LogP contribution in [0.4, 0.5) is 11.4 Å². The monoisotopic (exact) mass is 423 g/mol. The van der Waals surface area contributed by atoms with Crippen LogP contribution in [0.3, 0.4) is 0 Å². The Balaban J connectivity index is 1.93. The maximum atomic E-state index is 13.7. The van der Waals surface area contributed by atoms with Crippen LogP contribution in [-0.4, -0.2) is 23.5 Å². The van der Waals surface area contributed by atoms with Gasteiger partial charge in [-0.3, -0.25) is 9.59 Å². The van der Waals surface area contributed by atoms with Crippen molar-refractivity contribution in [3.8, 4) is 0 Å². The number of anilines is 2. The van der Waals surface area contributed by atoms with Crippen molar-refractivity contribution in [3.05, 3.63) is 69.0 Å². The second kappa shape index (κ2) is 8.52. The summed E-state index contributed by atoms with van der Waals surface area (Å²) in [6.07, 6.45) is 4.31. The van der Waals surface area contributed by atoms with E-state index in [2.05, 4.69) is 10.3 Å². The third-order valence-corrected chi connectivity index (χ3v) is 6.34. The predicted octanol–water partition coefficient (Wildman–Crippen LogP) is 5.51. The van der Waals surface area contributed by atoms with Crippen LogP contribution >= 0.6 is 11.6 Å². The molecule has 1 fully saturated rings. The Hall–Kier alpha value is -2.79. The van der Waals surface area contributed by atoms with Crippen LogP contribution in [0, 0.1) is 6.92 Å². The molecule has 1 aromatic heterocycles. The summed E-state index contributed by atoms with van der Waals surface area (Å²) in [5.74, 6) is -0.329. The summed E-state index contributed by atoms with van der Waals surface area (Å²) in [6, 6.07) is 13.4. The van der Waals surface area contributed by atoms with Crippen LogP contribution in [-0.2, 0) is 0 Å². The van der Waals surface area contributed by atoms with Crippen molar-refractivity contribution in [1.82, 2.24) is 4.98 Å². The number of hydrogen-bond acceptors (Lipinski definition) is 3. The van der Waals surface area contributed by atoms with Gasteiger partial charge in [-0.25, -0.2) is 0 Å². The van der Waals surface area contributed by atoms with Gasteiger partial charge in [-0.15, -0.1) is 0 Å². The summed E-state index contributed by atoms with van der Waals surface area (Å²) in [6.45, 7) is 4.28. The zero-order valence-corrected chi connectivity index (χ0v) is 18.1. The fourth-order valence-corrected chi connectivity index (χ4v) is 4.52. The van der Waals surface area contributed by atoms with Crippen molar-refractivity contribution in [2.45, 2.75) is 45.6 Å². The molecule has 0 atom stereocenters. The van der Waals surface area contributed by atoms with Crippen LogP contribution in [0.15, 0.2) is 47.3 Å². The van der Waals surface area contributed by atoms with E-state index in [-0.39, 0.29) is 17.5 Å². The Labute approximate surface area is 181 Å². The topological polar surface area (TPSA) is 65.2 Å². The minimum atomic E-state index is -0.401. The van der Waals surface area contributed by atoms with E-state index in [9.17, 15) is 9.59 Å². The van der Waals surface area contributed by atoms with E-state index in [0.29, 0.717) is 28.2 Å². The minimum Gasteiger partial charge on any atom is -0.381 e. The van der Waals surface area contributed by atoms with Crippen molar-refractivity contribution in [2.75, 3.05) is 16.8 Å². The van der Waals surface area contributed by atoms with Gasteiger partial charge in [0.2, 0.25) is 0 Å². The van der Waals surface area contributed by atoms with Gasteiger partial charge in [-0.2, -0.15) is 0 Å². The molecule has 1 aliphatic carbocycles. The number of nitrogens with zero attached hydrogens (tertiary/aromatic N) is 1. The van der Waals surface area contributed by atoms with E-state index in [0.717, 1.165) is 36.9 Å². The number of aromatic amines is 1. The lowest BCUT2D eigenvalue weighted by Crippen LogP contribution is -2.36. The lowest BCUT2D eigenvalue weighted by Gasteiger charge is -2.24. The lowest BCUT2D eigenvalue weighted by molar-refractivity contribution is 0.0988. The van der Waals surface area contributed by atoms with Gasteiger partial charge in [0.15, 0.2) is 0 Å². The number of benzene rings is 2. The van der Waals surface area contributed by atoms with Crippen LogP contribution in [0.25, 0.3) is 10.9 Å². The van der Waals surface area contributed by atoms with E-state index >= 15 is 0 Å². The molecule has 2 N–H and O–H groups in total. The van der Waals surface area contributed by atoms with Crippen molar-refractivity contribution in [3.63, 3.8) is 0 Å². The molecule has 30 heavy (non-hydrogen) atoms. The summed E-state index contributed by atoms with van der Waals surface area (Å²) in [5.41, 5.74) is 2.56. The Morgan fingerprint density at radius 3 is 2.53 bits per heavy atom. The standard InChI is InChI=1S/C24H26ClN3O2/c1-3-28(17-11-5-4-6-12-17)24(30)20-22(26-16-9-7-8-10-16)19-18(27-23(20)29)14-13-15(2)21(19)25/h4-6,11-14,16H,3,7-10H2,1-2H3,(H2,26,27,29). The average molecular weight is 424 g/mol. The highest BCUT2D eigenvalue weighted by Gasteiger charge is 2.28. The zero-order valence-electron chi connectivity index (χ0n) is 17.3. The number of hydrogen-bond donors (Lipinski definition) is 2. The van der Waals surface area contributed by atoms with E-state index in [4.69, 9.17) is 11.6 Å². The number of pyridine rings is 1. The Morgan fingerprint density at radius 1 is 1.17 bits per heavy atom. The minimum absolute atomic E-state index is 0.118. The lowest BCUT2D eigenvalue weighted by atomic mass is 10.0. The summed E-state index contributed by atoms with van der Waals surface area (Å²) >= 11 is 6.69. The number of para-hydroxylation sites is 1. The van der Waals surface area contributed by atoms with Crippen molar-refractivity contribution >= 4 is 39.8 Å². The molecule has 4 rings (SSSR count). The molecule has 0 aliphatic heterocycles. The quantitative estimate of drug-likeness (QED) is 0.568. The number of carbonyl (C=O) groups is 1. The zero-order chi connectivity index (χ0) is 21.3. The normalized spacial score (nSPS) is 14.2. The number of nitrogens with one attached hydrogen (secondary N) is 2. The number of H-pyrrole nitrogens is 1. The number of halogens is 1. The molecule has 1 amide bonds. The summed E-state index contributed by atoms with van der Waals surface area (Å²) in [4.78, 5) is 31.3. The number of amides is 1. The largest absolute Gasteiger partial charge is 0.381 e. The van der Waals surface area contributed by atoms with E-state index in [1.165, 1.54) is 0 Å². The van der Waals surface area contributed by atoms with Gasteiger partial charge in [0.05, 0.1) is 16.2 Å². The van der Waals surface area contributed by atoms with Gasteiger partial charge in [0, 0.05) is 23.7 Å². The van der Waals surface area contributed by atoms with Gasteiger partial charge in [-0.1, -0.05) is 48.7 Å². The van der Waals surface area contributed by atoms with E-state index in [1.54, 1.807) is 4.90 Å². The van der Waals surface area contributed by atoms with Gasteiger partial charge in [0.1, 0.15) is 5.56 Å². The SMILES string of the molecule is CCN(C(=O)c1c(NC2CCCC2)c2c(Cl)c(C)ccc2[nH]c1=O)c1ccccc1. The van der Waals surface area contributed by atoms with Crippen LogP contribution in [0.5, 0.6) is 0 Å². The molecule has 1 saturated carbocycles. The second-order valence-corrected chi connectivity index (χ2v) is 8.21. The maximum Gasteiger partial charge on any atom is 0.266 e. The fraction of sp³-hybridized carbons (Fsp3) is 0.333. The van der Waals surface area contributed by atoms with Crippen LogP contribution in [0.1, 0.15) is 48.5 Å². The molecule has 0 spiro atoms. The van der Waals surface area contributed by atoms with Crippen molar-refractivity contribution < 1.29 is 4.79 Å². The third-order valence-electron chi connectivity index (χ3n) is 5.86. The summed E-state index contributed by atoms with van der Waals surface area (Å²) in [7, 11) is 0. The average Bonchev–Trinajstić information content (AvgIpc) is 3.25. The first-order valence-electron chi connectivity index (χ1n) is 10.5. The summed E-state index contributed by atoms with van der Waals surface area (Å²) in [5, 5.41) is 4.78. The van der Waals surface area contributed by atoms with Crippen LogP contribution in [0.2, 0.25) is 5.02 Å². The Bertz CT molecular complexity index is 1130. The van der Waals surface area contributed by atoms with Crippen molar-refractivity contribution in [1.29, 1.82) is 0 Å². The molecule has 1 heterocycles. The molecular weight excluding hydrogens is 398 g/mol. The highest BCUT2D eigenvalue weighted by Crippen LogP contribution is 2.35. The van der Waals surface area contributed by atoms with Gasteiger partial charge in [-0.05, 0) is 50.5 Å². The molecule has 6 heteroatoms. The van der Waals surface area contributed by atoms with Gasteiger partial charge in [0.25, 0.3) is 11.5 Å². The van der Waals surface area contributed by atoms with Gasteiger partial charge >= 0.3 is 0 Å². The predicted molar refractivity (Wildman–Crippen MR) is 124 cm³/mol. The molecule has 0 bridgehead atoms. The maximum absolute atomic E-state index is 13.7. The number of fused-ring (bicyclic) bond motifs is 1. The van der Waals surface area contributed by atoms with E-state index in [1.807, 2.05) is 56.3 Å². The smallest absolute Gasteiger partial charge is 0.266 e. The molecule has 2 aromatic carbocycles. The molecule has 1 aliphatic rings. The number of carbonyl (C=O) groups excluding carboxylic acids is 1. The molecule has 156 valence electrons. The Morgan fingerprint density at radius 2 is 1.87 bits per heavy atom. The third kappa shape index (κ3) is 3.70. The highest BCUT2D eigenvalue weighted by atomic mass is 35.5. The molecule has 0 unspecified atom stereocenters. The van der Waals surface area contributed by atoms with Gasteiger partial charge < -0.3 is 15.2 Å². The molecule has 5 nitrogen and oxygen atoms in total. The number of aryl methyl sites for hydroxylation is 1. The molecule has 0 radical (unpaired) electrons. The summed E-state index contributed by atoms with van der Waals surface area (Å²) < 4.78 is 0. The molecule has 3 aromatic rings. The molecule has 0 saturated heterocycles. The first-order valence-corrected chi connectivity index (χ1v) is 10.9. The number of aromatic nitrogens is 1.